The topological polar surface area (TPSA) is 72.1 Å². The number of hydrogen-bond acceptors (Lipinski definition) is 5. The minimum atomic E-state index is -0.0713. The van der Waals surface area contributed by atoms with Gasteiger partial charge in [-0.05, 0) is 37.5 Å². The average molecular weight is 397 g/mol. The third-order valence-electron chi connectivity index (χ3n) is 4.95. The van der Waals surface area contributed by atoms with Crippen molar-refractivity contribution in [1.29, 1.82) is 0 Å². The minimum absolute atomic E-state index is 0.0713. The van der Waals surface area contributed by atoms with E-state index in [2.05, 4.69) is 15.0 Å². The van der Waals surface area contributed by atoms with E-state index in [0.717, 1.165) is 29.2 Å². The van der Waals surface area contributed by atoms with E-state index in [9.17, 15) is 4.79 Å². The number of oxazole rings is 1. The molecular formula is C21H21ClN4O2. The standard InChI is InChI=1S/C21H21ClN4O2/c1-14-23-9-8-19(25-14)21(27)26-10-4-6-16(13-26)20-24-12-17(28-20)11-15-5-2-3-7-18(15)22/h2-3,5,7-9,12,16H,4,6,10-11,13H2,1H3/t16-/m0/s1. The van der Waals surface area contributed by atoms with Gasteiger partial charge in [-0.1, -0.05) is 29.8 Å². The number of rotatable bonds is 4. The van der Waals surface area contributed by atoms with Crippen LogP contribution in [0.1, 0.15) is 52.3 Å². The third kappa shape index (κ3) is 4.07. The summed E-state index contributed by atoms with van der Waals surface area (Å²) in [6, 6.07) is 9.37. The zero-order valence-corrected chi connectivity index (χ0v) is 16.4. The van der Waals surface area contributed by atoms with Gasteiger partial charge >= 0.3 is 0 Å². The smallest absolute Gasteiger partial charge is 0.272 e. The number of aryl methyl sites for hydroxylation is 1. The van der Waals surface area contributed by atoms with Crippen molar-refractivity contribution in [3.8, 4) is 0 Å². The lowest BCUT2D eigenvalue weighted by molar-refractivity contribution is 0.0691. The SMILES string of the molecule is Cc1nccc(C(=O)N2CCC[C@H](c3ncc(Cc4ccccc4Cl)o3)C2)n1. The summed E-state index contributed by atoms with van der Waals surface area (Å²) in [7, 11) is 0. The van der Waals surface area contributed by atoms with E-state index in [1.54, 1.807) is 25.4 Å². The number of piperidine rings is 1. The molecule has 3 aromatic rings. The molecule has 1 fully saturated rings. The van der Waals surface area contributed by atoms with Crippen LogP contribution in [0.3, 0.4) is 0 Å². The summed E-state index contributed by atoms with van der Waals surface area (Å²) in [6.07, 6.45) is 5.82. The lowest BCUT2D eigenvalue weighted by Gasteiger charge is -2.31. The van der Waals surface area contributed by atoms with E-state index in [4.69, 9.17) is 16.0 Å². The summed E-state index contributed by atoms with van der Waals surface area (Å²) in [5.41, 5.74) is 1.44. The van der Waals surface area contributed by atoms with Crippen molar-refractivity contribution < 1.29 is 9.21 Å². The molecule has 28 heavy (non-hydrogen) atoms. The van der Waals surface area contributed by atoms with Gasteiger partial charge in [0.05, 0.1) is 12.1 Å². The van der Waals surface area contributed by atoms with E-state index < -0.39 is 0 Å². The zero-order valence-electron chi connectivity index (χ0n) is 15.6. The number of aromatic nitrogens is 3. The number of carbonyl (C=O) groups is 1. The monoisotopic (exact) mass is 396 g/mol. The lowest BCUT2D eigenvalue weighted by atomic mass is 9.97. The number of carbonyl (C=O) groups excluding carboxylic acids is 1. The van der Waals surface area contributed by atoms with Gasteiger partial charge in [-0.2, -0.15) is 0 Å². The second-order valence-corrected chi connectivity index (χ2v) is 7.42. The first-order valence-corrected chi connectivity index (χ1v) is 9.75. The van der Waals surface area contributed by atoms with Crippen LogP contribution in [0.5, 0.6) is 0 Å². The summed E-state index contributed by atoms with van der Waals surface area (Å²) >= 11 is 6.24. The van der Waals surface area contributed by atoms with Crippen molar-refractivity contribution in [2.24, 2.45) is 0 Å². The fraction of sp³-hybridized carbons (Fsp3) is 0.333. The summed E-state index contributed by atoms with van der Waals surface area (Å²) in [5.74, 6) is 2.06. The van der Waals surface area contributed by atoms with Crippen LogP contribution in [0, 0.1) is 6.92 Å². The molecule has 0 radical (unpaired) electrons. The zero-order chi connectivity index (χ0) is 19.5. The largest absolute Gasteiger partial charge is 0.445 e. The van der Waals surface area contributed by atoms with Crippen molar-refractivity contribution in [3.63, 3.8) is 0 Å². The molecule has 6 nitrogen and oxygen atoms in total. The van der Waals surface area contributed by atoms with Gasteiger partial charge in [0, 0.05) is 30.7 Å². The first-order chi connectivity index (χ1) is 13.6. The third-order valence-corrected chi connectivity index (χ3v) is 5.32. The number of likely N-dealkylation sites (tertiary alicyclic amines) is 1. The van der Waals surface area contributed by atoms with E-state index >= 15 is 0 Å². The maximum atomic E-state index is 12.8. The molecule has 2 aromatic heterocycles. The predicted molar refractivity (Wildman–Crippen MR) is 105 cm³/mol. The Morgan fingerprint density at radius 1 is 1.29 bits per heavy atom. The molecule has 1 aliphatic heterocycles. The molecule has 0 aliphatic carbocycles. The van der Waals surface area contributed by atoms with Crippen molar-refractivity contribution in [2.45, 2.75) is 32.1 Å². The Kier molecular flexibility index (Phi) is 5.39. The first kappa shape index (κ1) is 18.6. The lowest BCUT2D eigenvalue weighted by Crippen LogP contribution is -2.39. The van der Waals surface area contributed by atoms with Gasteiger partial charge in [0.2, 0.25) is 0 Å². The maximum Gasteiger partial charge on any atom is 0.272 e. The van der Waals surface area contributed by atoms with E-state index in [0.29, 0.717) is 36.9 Å². The molecule has 0 unspecified atom stereocenters. The Morgan fingerprint density at radius 3 is 2.96 bits per heavy atom. The van der Waals surface area contributed by atoms with Crippen molar-refractivity contribution in [1.82, 2.24) is 19.9 Å². The quantitative estimate of drug-likeness (QED) is 0.665. The molecular weight excluding hydrogens is 376 g/mol. The van der Waals surface area contributed by atoms with Crippen LogP contribution in [-0.2, 0) is 6.42 Å². The Morgan fingerprint density at radius 2 is 2.14 bits per heavy atom. The number of nitrogens with zero attached hydrogens (tertiary/aromatic N) is 4. The molecule has 0 spiro atoms. The van der Waals surface area contributed by atoms with E-state index in [1.165, 1.54) is 0 Å². The second-order valence-electron chi connectivity index (χ2n) is 7.01. The second kappa shape index (κ2) is 8.10. The molecule has 0 bridgehead atoms. The number of benzene rings is 1. The van der Waals surface area contributed by atoms with Gasteiger partial charge in [0.15, 0.2) is 5.89 Å². The Bertz CT molecular complexity index is 988. The summed E-state index contributed by atoms with van der Waals surface area (Å²) in [5, 5.41) is 0.718. The molecule has 0 N–H and O–H groups in total. The van der Waals surface area contributed by atoms with Crippen molar-refractivity contribution in [2.75, 3.05) is 13.1 Å². The fourth-order valence-electron chi connectivity index (χ4n) is 3.52. The van der Waals surface area contributed by atoms with Gasteiger partial charge in [0.1, 0.15) is 17.3 Å². The molecule has 7 heteroatoms. The number of hydrogen-bond donors (Lipinski definition) is 0. The molecule has 1 amide bonds. The molecule has 144 valence electrons. The predicted octanol–water partition coefficient (Wildman–Crippen LogP) is 4.04. The molecule has 3 heterocycles. The van der Waals surface area contributed by atoms with Gasteiger partial charge in [-0.3, -0.25) is 4.79 Å². The molecule has 0 saturated carbocycles. The van der Waals surface area contributed by atoms with Gasteiger partial charge in [0.25, 0.3) is 5.91 Å². The van der Waals surface area contributed by atoms with E-state index in [-0.39, 0.29) is 11.8 Å². The minimum Gasteiger partial charge on any atom is -0.445 e. The van der Waals surface area contributed by atoms with Crippen molar-refractivity contribution in [3.05, 3.63) is 76.5 Å². The van der Waals surface area contributed by atoms with E-state index in [1.807, 2.05) is 29.2 Å². The van der Waals surface area contributed by atoms with Crippen LogP contribution >= 0.6 is 11.6 Å². The van der Waals surface area contributed by atoms with Crippen LogP contribution < -0.4 is 0 Å². The van der Waals surface area contributed by atoms with Crippen molar-refractivity contribution >= 4 is 17.5 Å². The molecule has 1 atom stereocenters. The van der Waals surface area contributed by atoms with Crippen LogP contribution in [0.4, 0.5) is 0 Å². The number of halogens is 1. The van der Waals surface area contributed by atoms with Crippen LogP contribution in [0.2, 0.25) is 5.02 Å². The highest BCUT2D eigenvalue weighted by Crippen LogP contribution is 2.28. The average Bonchev–Trinajstić information content (AvgIpc) is 3.18. The van der Waals surface area contributed by atoms with Gasteiger partial charge in [-0.25, -0.2) is 15.0 Å². The highest BCUT2D eigenvalue weighted by Gasteiger charge is 2.29. The molecule has 1 aromatic carbocycles. The first-order valence-electron chi connectivity index (χ1n) is 9.37. The van der Waals surface area contributed by atoms with Gasteiger partial charge in [-0.15, -0.1) is 0 Å². The molecule has 4 rings (SSSR count). The normalized spacial score (nSPS) is 16.9. The van der Waals surface area contributed by atoms with Crippen LogP contribution in [0.15, 0.2) is 47.1 Å². The van der Waals surface area contributed by atoms with Crippen LogP contribution in [-0.4, -0.2) is 38.8 Å². The summed E-state index contributed by atoms with van der Waals surface area (Å²) in [6.45, 7) is 3.07. The molecule has 1 saturated heterocycles. The molecule has 1 aliphatic rings. The summed E-state index contributed by atoms with van der Waals surface area (Å²) < 4.78 is 6.00. The van der Waals surface area contributed by atoms with Crippen LogP contribution in [0.25, 0.3) is 0 Å². The van der Waals surface area contributed by atoms with Gasteiger partial charge < -0.3 is 9.32 Å². The fourth-order valence-corrected chi connectivity index (χ4v) is 3.73. The Labute approximate surface area is 168 Å². The Hall–Kier alpha value is -2.73. The Balaban J connectivity index is 1.46. The highest BCUT2D eigenvalue weighted by atomic mass is 35.5. The highest BCUT2D eigenvalue weighted by molar-refractivity contribution is 6.31. The maximum absolute atomic E-state index is 12.8. The summed E-state index contributed by atoms with van der Waals surface area (Å²) in [4.78, 5) is 27.4. The number of amides is 1.